The number of carboxylic acids is 1. The highest BCUT2D eigenvalue weighted by molar-refractivity contribution is 5.94. The van der Waals surface area contributed by atoms with Gasteiger partial charge >= 0.3 is 12.0 Å². The number of urea groups is 1. The molecule has 21 heavy (non-hydrogen) atoms. The molecule has 1 aromatic carbocycles. The monoisotopic (exact) mass is 291 g/mol. The van der Waals surface area contributed by atoms with Crippen LogP contribution in [0.25, 0.3) is 0 Å². The normalized spacial score (nSPS) is 17.2. The molecule has 0 aliphatic carbocycles. The number of amides is 3. The zero-order valence-corrected chi connectivity index (χ0v) is 11.6. The second-order valence-electron chi connectivity index (χ2n) is 4.97. The Balaban J connectivity index is 1.89. The maximum atomic E-state index is 11.7. The first-order valence-corrected chi connectivity index (χ1v) is 6.64. The Morgan fingerprint density at radius 2 is 2.19 bits per heavy atom. The van der Waals surface area contributed by atoms with Gasteiger partial charge in [0.2, 0.25) is 5.91 Å². The molecule has 1 aromatic rings. The zero-order chi connectivity index (χ0) is 15.4. The van der Waals surface area contributed by atoms with Gasteiger partial charge in [-0.3, -0.25) is 4.79 Å². The van der Waals surface area contributed by atoms with E-state index in [4.69, 9.17) is 5.11 Å². The van der Waals surface area contributed by atoms with E-state index in [0.717, 1.165) is 0 Å². The second kappa shape index (κ2) is 6.25. The summed E-state index contributed by atoms with van der Waals surface area (Å²) in [5.41, 5.74) is 1.18. The van der Waals surface area contributed by atoms with E-state index in [-0.39, 0.29) is 17.5 Å². The van der Waals surface area contributed by atoms with Gasteiger partial charge in [0, 0.05) is 24.7 Å². The van der Waals surface area contributed by atoms with Crippen molar-refractivity contribution in [1.29, 1.82) is 0 Å². The Morgan fingerprint density at radius 1 is 1.43 bits per heavy atom. The number of rotatable bonds is 4. The predicted octanol–water partition coefficient (Wildman–Crippen LogP) is 1.09. The number of aromatic carboxylic acids is 1. The van der Waals surface area contributed by atoms with Gasteiger partial charge in [0.05, 0.1) is 5.56 Å². The first-order chi connectivity index (χ1) is 9.95. The summed E-state index contributed by atoms with van der Waals surface area (Å²) in [5.74, 6) is -1.04. The molecular formula is C14H17N3O4. The molecule has 7 heteroatoms. The molecule has 0 spiro atoms. The minimum absolute atomic E-state index is 0.00755. The van der Waals surface area contributed by atoms with Gasteiger partial charge in [0.15, 0.2) is 0 Å². The van der Waals surface area contributed by atoms with E-state index >= 15 is 0 Å². The van der Waals surface area contributed by atoms with Crippen LogP contribution in [0, 0.1) is 6.92 Å². The van der Waals surface area contributed by atoms with Crippen molar-refractivity contribution in [2.75, 3.05) is 11.9 Å². The topological polar surface area (TPSA) is 108 Å². The van der Waals surface area contributed by atoms with E-state index in [1.54, 1.807) is 19.1 Å². The fourth-order valence-corrected chi connectivity index (χ4v) is 2.15. The molecule has 0 aromatic heterocycles. The van der Waals surface area contributed by atoms with Crippen molar-refractivity contribution in [1.82, 2.24) is 10.6 Å². The summed E-state index contributed by atoms with van der Waals surface area (Å²) in [6.07, 6.45) is 1.18. The molecule has 3 amide bonds. The molecule has 2 rings (SSSR count). The van der Waals surface area contributed by atoms with E-state index in [2.05, 4.69) is 16.0 Å². The van der Waals surface area contributed by atoms with Gasteiger partial charge in [-0.1, -0.05) is 6.07 Å². The summed E-state index contributed by atoms with van der Waals surface area (Å²) in [6, 6.07) is 4.20. The molecule has 4 N–H and O–H groups in total. The van der Waals surface area contributed by atoms with Gasteiger partial charge in [-0.2, -0.15) is 0 Å². The molecule has 1 aliphatic rings. The molecule has 1 fully saturated rings. The zero-order valence-electron chi connectivity index (χ0n) is 11.6. The quantitative estimate of drug-likeness (QED) is 0.666. The fraction of sp³-hybridized carbons (Fsp3) is 0.357. The molecule has 0 bridgehead atoms. The van der Waals surface area contributed by atoms with Crippen molar-refractivity contribution >= 4 is 23.6 Å². The van der Waals surface area contributed by atoms with Crippen molar-refractivity contribution in [3.05, 3.63) is 29.3 Å². The van der Waals surface area contributed by atoms with E-state index < -0.39 is 12.0 Å². The number of anilines is 1. The van der Waals surface area contributed by atoms with Gasteiger partial charge in [-0.15, -0.1) is 0 Å². The highest BCUT2D eigenvalue weighted by atomic mass is 16.4. The maximum Gasteiger partial charge on any atom is 0.336 e. The minimum atomic E-state index is -1.04. The lowest BCUT2D eigenvalue weighted by atomic mass is 10.1. The van der Waals surface area contributed by atoms with Crippen molar-refractivity contribution in [3.63, 3.8) is 0 Å². The SMILES string of the molecule is Cc1ccc(NC(=O)NCC2CCC(=O)N2)cc1C(=O)O. The fourth-order valence-electron chi connectivity index (χ4n) is 2.15. The van der Waals surface area contributed by atoms with Crippen LogP contribution >= 0.6 is 0 Å². The van der Waals surface area contributed by atoms with Crippen molar-refractivity contribution in [3.8, 4) is 0 Å². The lowest BCUT2D eigenvalue weighted by Crippen LogP contribution is -2.40. The molecule has 1 saturated heterocycles. The number of carbonyl (C=O) groups is 3. The van der Waals surface area contributed by atoms with E-state index in [1.807, 2.05) is 0 Å². The number of benzene rings is 1. The smallest absolute Gasteiger partial charge is 0.336 e. The molecule has 1 atom stereocenters. The predicted molar refractivity (Wildman–Crippen MR) is 76.3 cm³/mol. The van der Waals surface area contributed by atoms with Crippen molar-refractivity contribution in [2.45, 2.75) is 25.8 Å². The average molecular weight is 291 g/mol. The van der Waals surface area contributed by atoms with Crippen molar-refractivity contribution < 1.29 is 19.5 Å². The number of carbonyl (C=O) groups excluding carboxylic acids is 2. The average Bonchev–Trinajstić information content (AvgIpc) is 2.84. The van der Waals surface area contributed by atoms with E-state index in [9.17, 15) is 14.4 Å². The highest BCUT2D eigenvalue weighted by Crippen LogP contribution is 2.15. The van der Waals surface area contributed by atoms with Crippen LogP contribution in [-0.2, 0) is 4.79 Å². The third kappa shape index (κ3) is 3.95. The van der Waals surface area contributed by atoms with Gasteiger partial charge in [0.25, 0.3) is 0 Å². The number of carboxylic acid groups (broad SMARTS) is 1. The van der Waals surface area contributed by atoms with Gasteiger partial charge < -0.3 is 21.1 Å². The largest absolute Gasteiger partial charge is 0.478 e. The van der Waals surface area contributed by atoms with E-state index in [0.29, 0.717) is 30.6 Å². The maximum absolute atomic E-state index is 11.7. The number of hydrogen-bond acceptors (Lipinski definition) is 3. The third-order valence-corrected chi connectivity index (χ3v) is 3.32. The summed E-state index contributed by atoms with van der Waals surface area (Å²) in [6.45, 7) is 2.03. The lowest BCUT2D eigenvalue weighted by Gasteiger charge is -2.12. The number of nitrogens with one attached hydrogen (secondary N) is 3. The number of hydrogen-bond donors (Lipinski definition) is 4. The summed E-state index contributed by atoms with van der Waals surface area (Å²) >= 11 is 0. The second-order valence-corrected chi connectivity index (χ2v) is 4.97. The standard InChI is InChI=1S/C14H17N3O4/c1-8-2-3-9(6-11(8)13(19)20)17-14(21)15-7-10-4-5-12(18)16-10/h2-3,6,10H,4-5,7H2,1H3,(H,16,18)(H,19,20)(H2,15,17,21). The molecule has 0 radical (unpaired) electrons. The van der Waals surface area contributed by atoms with Gasteiger partial charge in [-0.25, -0.2) is 9.59 Å². The Morgan fingerprint density at radius 3 is 2.81 bits per heavy atom. The number of aryl methyl sites for hydroxylation is 1. The Hall–Kier alpha value is -2.57. The molecule has 112 valence electrons. The molecule has 7 nitrogen and oxygen atoms in total. The van der Waals surface area contributed by atoms with Crippen molar-refractivity contribution in [2.24, 2.45) is 0 Å². The summed E-state index contributed by atoms with van der Waals surface area (Å²) in [4.78, 5) is 33.8. The molecule has 1 heterocycles. The summed E-state index contributed by atoms with van der Waals surface area (Å²) in [5, 5.41) is 17.0. The van der Waals surface area contributed by atoms with Crippen LogP contribution in [0.5, 0.6) is 0 Å². The van der Waals surface area contributed by atoms with Crippen LogP contribution < -0.4 is 16.0 Å². The van der Waals surface area contributed by atoms with Crippen LogP contribution in [0.3, 0.4) is 0 Å². The van der Waals surface area contributed by atoms with Gasteiger partial charge in [0.1, 0.15) is 0 Å². The Labute approximate surface area is 121 Å². The lowest BCUT2D eigenvalue weighted by molar-refractivity contribution is -0.119. The van der Waals surface area contributed by atoms with Crippen LogP contribution in [0.1, 0.15) is 28.8 Å². The summed E-state index contributed by atoms with van der Waals surface area (Å²) in [7, 11) is 0. The Bertz CT molecular complexity index is 586. The minimum Gasteiger partial charge on any atom is -0.478 e. The first kappa shape index (κ1) is 14.8. The Kier molecular flexibility index (Phi) is 4.42. The third-order valence-electron chi connectivity index (χ3n) is 3.32. The summed E-state index contributed by atoms with van der Waals surface area (Å²) < 4.78 is 0. The van der Waals surface area contributed by atoms with Gasteiger partial charge in [-0.05, 0) is 31.0 Å². The molecular weight excluding hydrogens is 274 g/mol. The molecule has 1 aliphatic heterocycles. The van der Waals surface area contributed by atoms with Crippen LogP contribution in [0.15, 0.2) is 18.2 Å². The molecule has 0 saturated carbocycles. The van der Waals surface area contributed by atoms with Crippen LogP contribution in [0.2, 0.25) is 0 Å². The highest BCUT2D eigenvalue weighted by Gasteiger charge is 2.20. The first-order valence-electron chi connectivity index (χ1n) is 6.64. The van der Waals surface area contributed by atoms with Crippen LogP contribution in [-0.4, -0.2) is 35.6 Å². The molecule has 1 unspecified atom stereocenters. The van der Waals surface area contributed by atoms with E-state index in [1.165, 1.54) is 6.07 Å². The van der Waals surface area contributed by atoms with Crippen LogP contribution in [0.4, 0.5) is 10.5 Å².